The van der Waals surface area contributed by atoms with Gasteiger partial charge in [0.1, 0.15) is 30.5 Å². The molecule has 0 spiro atoms. The Bertz CT molecular complexity index is 925. The lowest BCUT2D eigenvalue weighted by Gasteiger charge is -2.40. The molecule has 50 heavy (non-hydrogen) atoms. The lowest BCUT2D eigenvalue weighted by atomic mass is 9.99. The van der Waals surface area contributed by atoms with Crippen molar-refractivity contribution in [3.05, 3.63) is 36.0 Å². The first-order chi connectivity index (χ1) is 24.2. The third-order valence-corrected chi connectivity index (χ3v) is 9.40. The van der Waals surface area contributed by atoms with Gasteiger partial charge in [0.15, 0.2) is 6.29 Å². The van der Waals surface area contributed by atoms with Crippen LogP contribution in [0.2, 0.25) is 0 Å². The van der Waals surface area contributed by atoms with E-state index in [0.717, 1.165) is 32.1 Å². The van der Waals surface area contributed by atoms with E-state index in [1.807, 2.05) is 6.08 Å². The zero-order valence-corrected chi connectivity index (χ0v) is 31.5. The van der Waals surface area contributed by atoms with E-state index in [0.29, 0.717) is 19.3 Å². The van der Waals surface area contributed by atoms with Crippen LogP contribution in [0.25, 0.3) is 0 Å². The number of rotatable bonds is 30. The molecule has 7 N–H and O–H groups in total. The van der Waals surface area contributed by atoms with Gasteiger partial charge in [0.25, 0.3) is 0 Å². The average Bonchev–Trinajstić information content (AvgIpc) is 3.11. The van der Waals surface area contributed by atoms with Crippen molar-refractivity contribution in [2.75, 3.05) is 13.2 Å². The normalized spacial score (nSPS) is 23.5. The summed E-state index contributed by atoms with van der Waals surface area (Å²) in [5.74, 6) is -0.636. The minimum absolute atomic E-state index is 0.300. The number of unbranched alkanes of at least 4 members (excludes halogenated alkanes) is 16. The molecule has 1 heterocycles. The standard InChI is InChI=1S/C40H73NO9/c1-4-6-8-10-12-13-14-15-17-19-23-28-34(44)39(48)41-32(30-49-40-38(47)37(46)36(45)35(29-42)50-40)33(43)27-24-20-22-26-31(3)25-21-18-16-11-9-7-5-2/h21,24-27,32-38,40,42-47H,4-20,22-23,28-30H2,1-3H3,(H,41,48)/b25-21+,27-24+,31-26+/t32-,33+,34+,35+,36+,37-,38+,40+/m0/s1. The Balaban J connectivity index is 2.64. The van der Waals surface area contributed by atoms with Crippen LogP contribution in [0.3, 0.4) is 0 Å². The van der Waals surface area contributed by atoms with Gasteiger partial charge in [-0.25, -0.2) is 0 Å². The fourth-order valence-corrected chi connectivity index (χ4v) is 6.02. The Kier molecular flexibility index (Phi) is 27.7. The van der Waals surface area contributed by atoms with Gasteiger partial charge in [0, 0.05) is 0 Å². The molecule has 10 nitrogen and oxygen atoms in total. The molecule has 0 aliphatic carbocycles. The minimum Gasteiger partial charge on any atom is -0.394 e. The van der Waals surface area contributed by atoms with Crippen molar-refractivity contribution in [3.63, 3.8) is 0 Å². The number of allylic oxidation sites excluding steroid dienone is 5. The lowest BCUT2D eigenvalue weighted by molar-refractivity contribution is -0.302. The van der Waals surface area contributed by atoms with Crippen molar-refractivity contribution in [2.45, 2.75) is 198 Å². The number of hydrogen-bond donors (Lipinski definition) is 7. The highest BCUT2D eigenvalue weighted by Gasteiger charge is 2.44. The Hall–Kier alpha value is -1.63. The fraction of sp³-hybridized carbons (Fsp3) is 0.825. The molecule has 1 amide bonds. The Morgan fingerprint density at radius 1 is 0.760 bits per heavy atom. The first kappa shape index (κ1) is 46.4. The van der Waals surface area contributed by atoms with Gasteiger partial charge in [0.05, 0.1) is 25.4 Å². The van der Waals surface area contributed by atoms with Crippen LogP contribution in [0, 0.1) is 0 Å². The van der Waals surface area contributed by atoms with Crippen LogP contribution in [0.1, 0.15) is 149 Å². The van der Waals surface area contributed by atoms with Crippen LogP contribution in [0.4, 0.5) is 0 Å². The number of hydrogen-bond acceptors (Lipinski definition) is 9. The van der Waals surface area contributed by atoms with E-state index >= 15 is 0 Å². The summed E-state index contributed by atoms with van der Waals surface area (Å²) < 4.78 is 11.1. The van der Waals surface area contributed by atoms with Gasteiger partial charge < -0.3 is 45.4 Å². The van der Waals surface area contributed by atoms with E-state index in [1.54, 1.807) is 6.08 Å². The summed E-state index contributed by atoms with van der Waals surface area (Å²) in [6, 6.07) is -1.00. The summed E-state index contributed by atoms with van der Waals surface area (Å²) in [7, 11) is 0. The number of aliphatic hydroxyl groups excluding tert-OH is 6. The van der Waals surface area contributed by atoms with Gasteiger partial charge in [-0.1, -0.05) is 146 Å². The molecular weight excluding hydrogens is 638 g/mol. The molecule has 0 unspecified atom stereocenters. The molecule has 0 radical (unpaired) electrons. The van der Waals surface area contributed by atoms with Gasteiger partial charge in [-0.05, 0) is 39.0 Å². The molecule has 292 valence electrons. The summed E-state index contributed by atoms with van der Waals surface area (Å²) in [6.07, 6.45) is 22.0. The van der Waals surface area contributed by atoms with Crippen LogP contribution in [-0.4, -0.2) is 98.7 Å². The molecule has 1 rings (SSSR count). The third kappa shape index (κ3) is 21.0. The van der Waals surface area contributed by atoms with E-state index in [4.69, 9.17) is 9.47 Å². The van der Waals surface area contributed by atoms with Gasteiger partial charge in [-0.3, -0.25) is 4.79 Å². The number of nitrogens with one attached hydrogen (secondary N) is 1. The highest BCUT2D eigenvalue weighted by molar-refractivity contribution is 5.80. The van der Waals surface area contributed by atoms with Gasteiger partial charge in [-0.15, -0.1) is 0 Å². The number of ether oxygens (including phenoxy) is 2. The maximum Gasteiger partial charge on any atom is 0.249 e. The molecule has 1 aliphatic heterocycles. The predicted molar refractivity (Wildman–Crippen MR) is 199 cm³/mol. The summed E-state index contributed by atoms with van der Waals surface area (Å²) in [4.78, 5) is 13.0. The topological polar surface area (TPSA) is 169 Å². The Morgan fingerprint density at radius 2 is 1.34 bits per heavy atom. The predicted octanol–water partition coefficient (Wildman–Crippen LogP) is 5.91. The maximum absolute atomic E-state index is 13.0. The SMILES string of the molecule is CCCCCCC/C=C/C(C)=C/CC/C=C/[C@@H](O)[C@H](CO[C@@H]1O[C@H](CO)[C@@H](O)[C@H](O)[C@H]1O)NC(=O)[C@H](O)CCCCCCCCCCCCC. The zero-order chi connectivity index (χ0) is 37.0. The molecule has 8 atom stereocenters. The Morgan fingerprint density at radius 3 is 1.94 bits per heavy atom. The molecule has 0 bridgehead atoms. The highest BCUT2D eigenvalue weighted by Crippen LogP contribution is 2.22. The summed E-state index contributed by atoms with van der Waals surface area (Å²) in [5.41, 5.74) is 1.18. The van der Waals surface area contributed by atoms with Crippen molar-refractivity contribution in [1.29, 1.82) is 0 Å². The summed E-state index contributed by atoms with van der Waals surface area (Å²) >= 11 is 0. The van der Waals surface area contributed by atoms with Crippen molar-refractivity contribution < 1.29 is 44.9 Å². The van der Waals surface area contributed by atoms with E-state index in [-0.39, 0.29) is 6.61 Å². The van der Waals surface area contributed by atoms with E-state index in [2.05, 4.69) is 44.3 Å². The zero-order valence-electron chi connectivity index (χ0n) is 31.5. The molecule has 1 fully saturated rings. The fourth-order valence-electron chi connectivity index (χ4n) is 6.02. The van der Waals surface area contributed by atoms with Crippen LogP contribution in [-0.2, 0) is 14.3 Å². The third-order valence-electron chi connectivity index (χ3n) is 9.40. The second kappa shape index (κ2) is 29.9. The van der Waals surface area contributed by atoms with Gasteiger partial charge >= 0.3 is 0 Å². The molecule has 0 saturated carbocycles. The molecule has 1 saturated heterocycles. The van der Waals surface area contributed by atoms with Crippen LogP contribution >= 0.6 is 0 Å². The molecule has 0 aromatic heterocycles. The average molecular weight is 712 g/mol. The van der Waals surface area contributed by atoms with Crippen LogP contribution in [0.5, 0.6) is 0 Å². The van der Waals surface area contributed by atoms with E-state index in [1.165, 1.54) is 82.6 Å². The van der Waals surface area contributed by atoms with Crippen molar-refractivity contribution in [1.82, 2.24) is 5.32 Å². The highest BCUT2D eigenvalue weighted by atomic mass is 16.7. The van der Waals surface area contributed by atoms with Crippen molar-refractivity contribution >= 4 is 5.91 Å². The molecule has 10 heteroatoms. The number of carbonyl (C=O) groups is 1. The van der Waals surface area contributed by atoms with Crippen LogP contribution < -0.4 is 5.32 Å². The van der Waals surface area contributed by atoms with Gasteiger partial charge in [0.2, 0.25) is 5.91 Å². The molecule has 0 aromatic carbocycles. The number of carbonyl (C=O) groups excluding carboxylic acids is 1. The minimum atomic E-state index is -1.62. The van der Waals surface area contributed by atoms with Crippen LogP contribution in [0.15, 0.2) is 36.0 Å². The molecular formula is C40H73NO9. The maximum atomic E-state index is 13.0. The number of aliphatic hydroxyl groups is 6. The van der Waals surface area contributed by atoms with Crippen molar-refractivity contribution in [3.8, 4) is 0 Å². The first-order valence-corrected chi connectivity index (χ1v) is 19.7. The molecule has 1 aliphatic rings. The van der Waals surface area contributed by atoms with Crippen molar-refractivity contribution in [2.24, 2.45) is 0 Å². The second-order valence-corrected chi connectivity index (χ2v) is 14.0. The summed E-state index contributed by atoms with van der Waals surface area (Å²) in [6.45, 7) is 5.57. The van der Waals surface area contributed by atoms with E-state index < -0.39 is 61.5 Å². The van der Waals surface area contributed by atoms with Gasteiger partial charge in [-0.2, -0.15) is 0 Å². The number of amides is 1. The largest absolute Gasteiger partial charge is 0.394 e. The first-order valence-electron chi connectivity index (χ1n) is 19.7. The Labute approximate surface area is 303 Å². The monoisotopic (exact) mass is 712 g/mol. The van der Waals surface area contributed by atoms with E-state index in [9.17, 15) is 35.4 Å². The second-order valence-electron chi connectivity index (χ2n) is 14.0. The summed E-state index contributed by atoms with van der Waals surface area (Å²) in [5, 5.41) is 64.3. The quantitative estimate of drug-likeness (QED) is 0.0272. The smallest absolute Gasteiger partial charge is 0.249 e. The molecule has 0 aromatic rings. The lowest BCUT2D eigenvalue weighted by Crippen LogP contribution is -2.60.